The van der Waals surface area contributed by atoms with Crippen LogP contribution in [-0.2, 0) is 28.5 Å². The number of anilines is 1. The second-order valence-corrected chi connectivity index (χ2v) is 15.7. The van der Waals surface area contributed by atoms with Gasteiger partial charge in [-0.15, -0.1) is 0 Å². The largest absolute Gasteiger partial charge is 0.461 e. The number of esters is 1. The lowest BCUT2D eigenvalue weighted by Gasteiger charge is -2.70. The van der Waals surface area contributed by atoms with Gasteiger partial charge in [0.25, 0.3) is 0 Å². The number of likely N-dealkylation sites (tertiary alicyclic amines) is 1. The first kappa shape index (κ1) is 32.7. The Hall–Kier alpha value is -2.45. The van der Waals surface area contributed by atoms with Crippen molar-refractivity contribution in [1.82, 2.24) is 4.90 Å². The molecule has 2 saturated heterocycles. The predicted octanol–water partition coefficient (Wildman–Crippen LogP) is 1.38. The lowest BCUT2D eigenvalue weighted by molar-refractivity contribution is -0.319. The minimum atomic E-state index is -1.77. The number of rotatable bonds is 8. The van der Waals surface area contributed by atoms with E-state index in [-0.39, 0.29) is 66.4 Å². The zero-order chi connectivity index (χ0) is 34.1. The molecule has 48 heavy (non-hydrogen) atoms. The summed E-state index contributed by atoms with van der Waals surface area (Å²) in [7, 11) is 4.89. The van der Waals surface area contributed by atoms with E-state index < -0.39 is 64.2 Å². The van der Waals surface area contributed by atoms with Crippen molar-refractivity contribution >= 4 is 23.5 Å². The Labute approximate surface area is 280 Å². The van der Waals surface area contributed by atoms with Crippen LogP contribution < -0.4 is 4.90 Å². The number of hydrogen-bond acceptors (Lipinski definition) is 11. The first-order valence-electron chi connectivity index (χ1n) is 17.5. The average molecular weight is 669 g/mol. The van der Waals surface area contributed by atoms with E-state index in [4.69, 9.17) is 18.9 Å². The molecule has 5 aliphatic carbocycles. The number of imide groups is 1. The molecule has 1 aromatic rings. The molecule has 0 aromatic heterocycles. The Bertz CT molecular complexity index is 1540. The number of fused-ring (bicyclic) bond motifs is 2. The Balaban J connectivity index is 1.23. The Morgan fingerprint density at radius 2 is 1.83 bits per heavy atom. The van der Waals surface area contributed by atoms with Gasteiger partial charge in [0.05, 0.1) is 48.3 Å². The minimum Gasteiger partial charge on any atom is -0.461 e. The van der Waals surface area contributed by atoms with Crippen molar-refractivity contribution in [3.05, 3.63) is 29.8 Å². The maximum absolute atomic E-state index is 14.0. The second-order valence-electron chi connectivity index (χ2n) is 15.7. The molecule has 12 heteroatoms. The number of benzene rings is 1. The van der Waals surface area contributed by atoms with Gasteiger partial charge in [-0.3, -0.25) is 14.5 Å². The number of likely N-dealkylation sites (N-methyl/N-ethyl adjacent to an activating group) is 1. The van der Waals surface area contributed by atoms with Crippen molar-refractivity contribution in [2.75, 3.05) is 45.9 Å². The number of piperidine rings is 1. The monoisotopic (exact) mass is 668 g/mol. The van der Waals surface area contributed by atoms with Crippen LogP contribution in [0.4, 0.5) is 5.69 Å². The molecule has 8 rings (SSSR count). The quantitative estimate of drug-likeness (QED) is 0.272. The third kappa shape index (κ3) is 3.62. The number of carbonyl (C=O) groups is 3. The Morgan fingerprint density at radius 1 is 1.08 bits per heavy atom. The van der Waals surface area contributed by atoms with Gasteiger partial charge in [-0.1, -0.05) is 26.0 Å². The molecule has 1 aromatic carbocycles. The lowest BCUT2D eigenvalue weighted by atomic mass is 9.42. The number of para-hydroxylation sites is 1. The van der Waals surface area contributed by atoms with Crippen molar-refractivity contribution in [2.24, 2.45) is 40.4 Å². The molecular weight excluding hydrogens is 620 g/mol. The third-order valence-electron chi connectivity index (χ3n) is 14.3. The van der Waals surface area contributed by atoms with Gasteiger partial charge in [0, 0.05) is 75.2 Å². The van der Waals surface area contributed by atoms with Crippen LogP contribution in [0, 0.1) is 40.4 Å². The van der Waals surface area contributed by atoms with Crippen LogP contribution in [0.15, 0.2) is 24.3 Å². The molecule has 3 N–H and O–H groups in total. The van der Waals surface area contributed by atoms with E-state index in [2.05, 4.69) is 4.90 Å². The maximum atomic E-state index is 14.0. The van der Waals surface area contributed by atoms with Crippen LogP contribution >= 0.6 is 0 Å². The van der Waals surface area contributed by atoms with Gasteiger partial charge in [-0.25, -0.2) is 9.69 Å². The van der Waals surface area contributed by atoms with Crippen molar-refractivity contribution in [2.45, 2.75) is 87.6 Å². The summed E-state index contributed by atoms with van der Waals surface area (Å²) < 4.78 is 25.0. The van der Waals surface area contributed by atoms with Gasteiger partial charge in [-0.05, 0) is 43.9 Å². The SMILES string of the molecule is CCN1C[C@]2(COC(=O)c3ccccc3N3C(=O)C[C@H](C)C3=O)CC[C@H](OC)[C@@]34[C@@H]5C[C@H]6[C@H](OC)[C@@H]5[C@](O)(C[C@@H]6O)[C@@](O)([C@@H](OC)[C@H]23)[C@@H]14. The Kier molecular flexibility index (Phi) is 7.35. The average Bonchev–Trinajstić information content (AvgIpc) is 3.61. The summed E-state index contributed by atoms with van der Waals surface area (Å²) in [5.41, 5.74) is -4.49. The number of aliphatic hydroxyl groups excluding tert-OH is 1. The van der Waals surface area contributed by atoms with Crippen LogP contribution in [0.1, 0.15) is 56.3 Å². The number of amides is 2. The number of aliphatic hydroxyl groups is 3. The molecule has 1 spiro atoms. The molecule has 7 bridgehead atoms. The minimum absolute atomic E-state index is 0.00997. The fourth-order valence-corrected chi connectivity index (χ4v) is 12.9. The van der Waals surface area contributed by atoms with Crippen molar-refractivity contribution < 1.29 is 48.7 Å². The zero-order valence-electron chi connectivity index (χ0n) is 28.3. The van der Waals surface area contributed by atoms with Crippen LogP contribution in [-0.4, -0.2) is 121 Å². The molecule has 262 valence electrons. The molecule has 2 amide bonds. The predicted molar refractivity (Wildman–Crippen MR) is 170 cm³/mol. The molecular formula is C36H48N2O10. The molecule has 0 unspecified atom stereocenters. The van der Waals surface area contributed by atoms with Gasteiger partial charge in [0.15, 0.2) is 0 Å². The molecule has 12 nitrogen and oxygen atoms in total. The fraction of sp³-hybridized carbons (Fsp3) is 0.750. The first-order valence-corrected chi connectivity index (χ1v) is 17.5. The summed E-state index contributed by atoms with van der Waals surface area (Å²) in [6, 6.07) is 6.02. The summed E-state index contributed by atoms with van der Waals surface area (Å²) in [5, 5.41) is 37.7. The summed E-state index contributed by atoms with van der Waals surface area (Å²) in [5.74, 6) is -2.96. The summed E-state index contributed by atoms with van der Waals surface area (Å²) >= 11 is 0. The van der Waals surface area contributed by atoms with E-state index >= 15 is 0 Å². The van der Waals surface area contributed by atoms with E-state index in [0.29, 0.717) is 32.4 Å². The molecule has 7 fully saturated rings. The highest BCUT2D eigenvalue weighted by Crippen LogP contribution is 2.80. The number of nitrogens with zero attached hydrogens (tertiary/aromatic N) is 2. The molecule has 2 aliphatic heterocycles. The van der Waals surface area contributed by atoms with E-state index in [1.807, 2.05) is 6.92 Å². The zero-order valence-corrected chi connectivity index (χ0v) is 28.3. The number of ether oxygens (including phenoxy) is 4. The standard InChI is InChI=1S/C36H48N2O10/c1-6-37-16-33(17-48-31(42)19-9-7-8-10-22(19)38-25(40)13-18(2)30(38)41)12-11-24(45-3)35-21-14-20-23(39)15-34(43,26(21)27(20)46-4)36(44,32(35)37)29(47-5)28(33)35/h7-10,18,20-21,23-24,26-29,32,39,43-44H,6,11-17H2,1-5H3/t18-,20+,21+,23-,24-,26+,27-,28+,29-,32-,33-,34+,35-,36+/m0/s1. The van der Waals surface area contributed by atoms with Crippen LogP contribution in [0.3, 0.4) is 0 Å². The fourth-order valence-electron chi connectivity index (χ4n) is 12.9. The molecule has 0 radical (unpaired) electrons. The van der Waals surface area contributed by atoms with Crippen molar-refractivity contribution in [3.8, 4) is 0 Å². The van der Waals surface area contributed by atoms with Crippen LogP contribution in [0.2, 0.25) is 0 Å². The number of carbonyl (C=O) groups excluding carboxylic acids is 3. The molecule has 2 heterocycles. The van der Waals surface area contributed by atoms with E-state index in [1.165, 1.54) is 0 Å². The molecule has 7 aliphatic rings. The third-order valence-corrected chi connectivity index (χ3v) is 14.3. The van der Waals surface area contributed by atoms with Crippen LogP contribution in [0.25, 0.3) is 0 Å². The van der Waals surface area contributed by atoms with Gasteiger partial charge >= 0.3 is 5.97 Å². The highest BCUT2D eigenvalue weighted by Gasteiger charge is 2.91. The van der Waals surface area contributed by atoms with Crippen molar-refractivity contribution in [3.63, 3.8) is 0 Å². The van der Waals surface area contributed by atoms with E-state index in [0.717, 1.165) is 4.90 Å². The highest BCUT2D eigenvalue weighted by molar-refractivity contribution is 6.22. The van der Waals surface area contributed by atoms with Crippen LogP contribution in [0.5, 0.6) is 0 Å². The summed E-state index contributed by atoms with van der Waals surface area (Å²) in [6.07, 6.45) is -0.413. The maximum Gasteiger partial charge on any atom is 0.340 e. The highest BCUT2D eigenvalue weighted by atomic mass is 16.5. The molecule has 5 saturated carbocycles. The second kappa shape index (κ2) is 10.8. The smallest absolute Gasteiger partial charge is 0.340 e. The normalized spacial score (nSPS) is 48.7. The first-order chi connectivity index (χ1) is 22.9. The van der Waals surface area contributed by atoms with Gasteiger partial charge in [-0.2, -0.15) is 0 Å². The van der Waals surface area contributed by atoms with E-state index in [9.17, 15) is 29.7 Å². The van der Waals surface area contributed by atoms with Gasteiger partial charge in [0.1, 0.15) is 11.2 Å². The Morgan fingerprint density at radius 3 is 2.48 bits per heavy atom. The summed E-state index contributed by atoms with van der Waals surface area (Å²) in [4.78, 5) is 43.1. The van der Waals surface area contributed by atoms with Gasteiger partial charge < -0.3 is 34.3 Å². The summed E-state index contributed by atoms with van der Waals surface area (Å²) in [6.45, 7) is 4.82. The molecule has 14 atom stereocenters. The topological polar surface area (TPSA) is 155 Å². The lowest BCUT2D eigenvalue weighted by Crippen LogP contribution is -2.82. The number of methoxy groups -OCH3 is 3. The van der Waals surface area contributed by atoms with Gasteiger partial charge in [0.2, 0.25) is 11.8 Å². The van der Waals surface area contributed by atoms with E-state index in [1.54, 1.807) is 52.5 Å². The number of hydrogen-bond donors (Lipinski definition) is 3. The van der Waals surface area contributed by atoms with Crippen molar-refractivity contribution in [1.29, 1.82) is 0 Å².